The zero-order chi connectivity index (χ0) is 25.6. The zero-order valence-corrected chi connectivity index (χ0v) is 20.5. The van der Waals surface area contributed by atoms with Crippen LogP contribution in [0, 0.1) is 0 Å². The summed E-state index contributed by atoms with van der Waals surface area (Å²) in [4.78, 5) is 48.6. The molecule has 6 N–H and O–H groups in total. The molecule has 15 nitrogen and oxygen atoms in total. The molecule has 0 spiro atoms. The molecule has 0 saturated carbocycles. The lowest BCUT2D eigenvalue weighted by Gasteiger charge is -2.19. The first kappa shape index (κ1) is 27.9. The average molecular weight is 586 g/mol. The molecule has 1 fully saturated rings. The Hall–Kier alpha value is -0.700. The average Bonchev–Trinajstić information content (AvgIpc) is 2.95. The van der Waals surface area contributed by atoms with E-state index < -0.39 is 60.2 Å². The third kappa shape index (κ3) is 6.34. The van der Waals surface area contributed by atoms with E-state index in [4.69, 9.17) is 42.6 Å². The summed E-state index contributed by atoms with van der Waals surface area (Å²) in [7, 11) is -16.8. The van der Waals surface area contributed by atoms with Crippen molar-refractivity contribution in [2.45, 2.75) is 24.5 Å². The first-order valence-corrected chi connectivity index (χ1v) is 14.1. The molecular formula is C14H16Cl2NO14P3. The number of phosphoric ester groups is 1. The number of benzene rings is 1. The van der Waals surface area contributed by atoms with Crippen molar-refractivity contribution in [2.24, 2.45) is 0 Å². The first-order valence-electron chi connectivity index (χ1n) is 8.80. The van der Waals surface area contributed by atoms with E-state index in [0.29, 0.717) is 5.39 Å². The molecule has 0 radical (unpaired) electrons. The molecule has 2 unspecified atom stereocenters. The molecule has 1 aromatic heterocycles. The number of aromatic nitrogens is 1. The summed E-state index contributed by atoms with van der Waals surface area (Å²) in [5.74, 6) is 0. The van der Waals surface area contributed by atoms with Gasteiger partial charge in [0.2, 0.25) is 0 Å². The van der Waals surface area contributed by atoms with Gasteiger partial charge in [0.25, 0.3) is 5.56 Å². The van der Waals surface area contributed by atoms with Crippen LogP contribution in [0.5, 0.6) is 0 Å². The fourth-order valence-electron chi connectivity index (χ4n) is 3.05. The molecule has 0 amide bonds. The number of halogens is 2. The maximum atomic E-state index is 12.9. The minimum Gasteiger partial charge on any atom is -0.387 e. The van der Waals surface area contributed by atoms with Gasteiger partial charge >= 0.3 is 23.5 Å². The van der Waals surface area contributed by atoms with Crippen LogP contribution in [0.2, 0.25) is 10.0 Å². The van der Waals surface area contributed by atoms with Crippen molar-refractivity contribution in [1.82, 2.24) is 4.57 Å². The summed E-state index contributed by atoms with van der Waals surface area (Å²) in [5.41, 5.74) is -0.741. The van der Waals surface area contributed by atoms with Gasteiger partial charge in [0.05, 0.1) is 22.0 Å². The molecule has 2 heterocycles. The molecule has 1 aromatic carbocycles. The topological polar surface area (TPSA) is 232 Å². The second-order valence-corrected chi connectivity index (χ2v) is 12.0. The molecule has 0 aliphatic carbocycles. The second-order valence-electron chi connectivity index (χ2n) is 6.79. The van der Waals surface area contributed by atoms with Crippen LogP contribution in [0.15, 0.2) is 29.2 Å². The van der Waals surface area contributed by atoms with Crippen molar-refractivity contribution in [3.05, 3.63) is 44.8 Å². The number of aliphatic hydroxyl groups is 2. The molecule has 190 valence electrons. The van der Waals surface area contributed by atoms with Crippen molar-refractivity contribution in [2.75, 3.05) is 6.61 Å². The number of phosphoric acid groups is 3. The van der Waals surface area contributed by atoms with Gasteiger partial charge in [-0.1, -0.05) is 29.3 Å². The highest BCUT2D eigenvalue weighted by Gasteiger charge is 2.46. The zero-order valence-electron chi connectivity index (χ0n) is 16.3. The van der Waals surface area contributed by atoms with Crippen LogP contribution in [0.25, 0.3) is 10.8 Å². The summed E-state index contributed by atoms with van der Waals surface area (Å²) in [6.45, 7) is -1.03. The number of fused-ring (bicyclic) bond motifs is 1. The fraction of sp³-hybridized carbons (Fsp3) is 0.357. The van der Waals surface area contributed by atoms with Crippen LogP contribution in [0.4, 0.5) is 0 Å². The maximum absolute atomic E-state index is 12.9. The quantitative estimate of drug-likeness (QED) is 0.239. The largest absolute Gasteiger partial charge is 0.490 e. The number of hydrogen-bond acceptors (Lipinski definition) is 10. The van der Waals surface area contributed by atoms with E-state index in [9.17, 15) is 33.6 Å². The summed E-state index contributed by atoms with van der Waals surface area (Å²) >= 11 is 12.0. The van der Waals surface area contributed by atoms with Crippen LogP contribution < -0.4 is 5.56 Å². The molecular weight excluding hydrogens is 570 g/mol. The molecule has 1 aliphatic rings. The molecule has 34 heavy (non-hydrogen) atoms. The Bertz CT molecular complexity index is 1300. The number of hydrogen-bond donors (Lipinski definition) is 6. The van der Waals surface area contributed by atoms with E-state index >= 15 is 0 Å². The van der Waals surface area contributed by atoms with Gasteiger partial charge in [-0.25, -0.2) is 13.7 Å². The number of rotatable bonds is 8. The van der Waals surface area contributed by atoms with E-state index in [-0.39, 0.29) is 15.4 Å². The minimum atomic E-state index is -5.75. The molecule has 20 heteroatoms. The van der Waals surface area contributed by atoms with E-state index in [1.165, 1.54) is 24.4 Å². The van der Waals surface area contributed by atoms with Gasteiger partial charge in [-0.15, -0.1) is 0 Å². The lowest BCUT2D eigenvalue weighted by atomic mass is 10.1. The van der Waals surface area contributed by atoms with Crippen molar-refractivity contribution < 1.29 is 61.4 Å². The Morgan fingerprint density at radius 2 is 1.62 bits per heavy atom. The standard InChI is InChI=1S/C14H16Cl2NO14P3/c15-7-2-1-6-3-4-17(13(20)9(6)10(7)16)14-12(19)11(18)8(29-14)5-28-33(24,25)31-34(26,27)30-32(21,22)23/h1-4,8,11-12,14,18-19H,5H2,(H,24,25)(H,26,27)(H2,21,22,23)/t8-,11-,12-,14-/m1/s1. The fourth-order valence-corrected chi connectivity index (χ4v) is 6.49. The van der Waals surface area contributed by atoms with Crippen LogP contribution in [-0.2, 0) is 31.6 Å². The molecule has 1 aliphatic heterocycles. The highest BCUT2D eigenvalue weighted by Crippen LogP contribution is 2.66. The van der Waals surface area contributed by atoms with Crippen molar-refractivity contribution in [3.8, 4) is 0 Å². The SMILES string of the molecule is O=c1c2c(Cl)c(Cl)ccc2ccn1[C@@H]1O[C@H](COP(=O)(O)OP(=O)(O)OP(=O)(O)O)[C@@H](O)[C@H]1O. The third-order valence-electron chi connectivity index (χ3n) is 4.42. The molecule has 3 rings (SSSR count). The summed E-state index contributed by atoms with van der Waals surface area (Å²) < 4.78 is 51.7. The number of pyridine rings is 1. The number of nitrogens with zero attached hydrogens (tertiary/aromatic N) is 1. The van der Waals surface area contributed by atoms with Gasteiger partial charge in [-0.2, -0.15) is 8.62 Å². The Morgan fingerprint density at radius 1 is 0.971 bits per heavy atom. The summed E-state index contributed by atoms with van der Waals surface area (Å²) in [5, 5.41) is 21.0. The van der Waals surface area contributed by atoms with E-state index in [0.717, 1.165) is 4.57 Å². The van der Waals surface area contributed by atoms with Crippen LogP contribution >= 0.6 is 46.7 Å². The summed E-state index contributed by atoms with van der Waals surface area (Å²) in [6, 6.07) is 4.46. The Morgan fingerprint density at radius 3 is 2.24 bits per heavy atom. The normalized spacial score (nSPS) is 26.9. The molecule has 0 bridgehead atoms. The van der Waals surface area contributed by atoms with Crippen LogP contribution in [-0.4, -0.2) is 59.3 Å². The Kier molecular flexibility index (Phi) is 8.19. The third-order valence-corrected chi connectivity index (χ3v) is 9.03. The Labute approximate surface area is 199 Å². The van der Waals surface area contributed by atoms with Gasteiger partial charge in [0.1, 0.15) is 18.3 Å². The highest BCUT2D eigenvalue weighted by molar-refractivity contribution is 7.66. The maximum Gasteiger partial charge on any atom is 0.490 e. The molecule has 1 saturated heterocycles. The lowest BCUT2D eigenvalue weighted by Crippen LogP contribution is -2.35. The number of aliphatic hydroxyl groups excluding tert-OH is 2. The van der Waals surface area contributed by atoms with Crippen LogP contribution in [0.3, 0.4) is 0 Å². The minimum absolute atomic E-state index is 0.00123. The van der Waals surface area contributed by atoms with Crippen molar-refractivity contribution in [1.29, 1.82) is 0 Å². The summed E-state index contributed by atoms with van der Waals surface area (Å²) in [6.07, 6.45) is -5.38. The van der Waals surface area contributed by atoms with Crippen molar-refractivity contribution >= 4 is 57.4 Å². The van der Waals surface area contributed by atoms with Gasteiger partial charge < -0.3 is 34.5 Å². The van der Waals surface area contributed by atoms with E-state index in [1.54, 1.807) is 0 Å². The molecule has 2 aromatic rings. The Balaban J connectivity index is 1.77. The lowest BCUT2D eigenvalue weighted by molar-refractivity contribution is -0.0533. The second kappa shape index (κ2) is 9.98. The van der Waals surface area contributed by atoms with Gasteiger partial charge in [-0.05, 0) is 17.5 Å². The number of ether oxygens (including phenoxy) is 1. The monoisotopic (exact) mass is 585 g/mol. The smallest absolute Gasteiger partial charge is 0.387 e. The predicted molar refractivity (Wildman–Crippen MR) is 114 cm³/mol. The van der Waals surface area contributed by atoms with Gasteiger partial charge in [-0.3, -0.25) is 13.9 Å². The van der Waals surface area contributed by atoms with Gasteiger partial charge in [0.15, 0.2) is 6.23 Å². The van der Waals surface area contributed by atoms with Crippen LogP contribution in [0.1, 0.15) is 6.23 Å². The highest BCUT2D eigenvalue weighted by atomic mass is 35.5. The predicted octanol–water partition coefficient (Wildman–Crippen LogP) is 1.27. The van der Waals surface area contributed by atoms with Gasteiger partial charge in [0, 0.05) is 6.20 Å². The first-order chi connectivity index (χ1) is 15.5. The van der Waals surface area contributed by atoms with E-state index in [2.05, 4.69) is 13.1 Å². The van der Waals surface area contributed by atoms with Crippen molar-refractivity contribution in [3.63, 3.8) is 0 Å². The molecule has 6 atom stereocenters. The van der Waals surface area contributed by atoms with E-state index in [1.807, 2.05) is 0 Å².